The van der Waals surface area contributed by atoms with Gasteiger partial charge in [0, 0.05) is 18.8 Å². The number of aryl methyl sites for hydroxylation is 1. The summed E-state index contributed by atoms with van der Waals surface area (Å²) in [5.41, 5.74) is -0.189. The van der Waals surface area contributed by atoms with Crippen LogP contribution in [-0.4, -0.2) is 29.1 Å². The van der Waals surface area contributed by atoms with E-state index in [4.69, 9.17) is 11.6 Å². The molecule has 126 valence electrons. The zero-order valence-electron chi connectivity index (χ0n) is 13.0. The lowest BCUT2D eigenvalue weighted by atomic mass is 10.1. The van der Waals surface area contributed by atoms with Gasteiger partial charge < -0.3 is 0 Å². The summed E-state index contributed by atoms with van der Waals surface area (Å²) in [5.74, 6) is -0.274. The van der Waals surface area contributed by atoms with E-state index >= 15 is 0 Å². The molecule has 3 aromatic heterocycles. The van der Waals surface area contributed by atoms with E-state index in [9.17, 15) is 8.78 Å². The maximum absolute atomic E-state index is 14.4. The monoisotopic (exact) mass is 360 g/mol. The Morgan fingerprint density at radius 1 is 1.12 bits per heavy atom. The van der Waals surface area contributed by atoms with E-state index in [1.165, 1.54) is 29.0 Å². The summed E-state index contributed by atoms with van der Waals surface area (Å²) in [4.78, 5) is 12.4. The molecule has 0 bridgehead atoms. The van der Waals surface area contributed by atoms with Crippen molar-refractivity contribution in [3.8, 4) is 16.9 Å². The van der Waals surface area contributed by atoms with Crippen LogP contribution < -0.4 is 0 Å². The van der Waals surface area contributed by atoms with Crippen LogP contribution in [0.1, 0.15) is 12.7 Å². The third-order valence-corrected chi connectivity index (χ3v) is 4.11. The Morgan fingerprint density at radius 2 is 1.88 bits per heavy atom. The minimum absolute atomic E-state index is 0.0738. The number of nitrogens with zero attached hydrogens (tertiary/aromatic N) is 6. The van der Waals surface area contributed by atoms with Gasteiger partial charge in [0.1, 0.15) is 28.9 Å². The first kappa shape index (κ1) is 15.6. The second-order valence-corrected chi connectivity index (χ2v) is 5.59. The van der Waals surface area contributed by atoms with Crippen molar-refractivity contribution in [2.24, 2.45) is 0 Å². The van der Waals surface area contributed by atoms with Crippen molar-refractivity contribution in [3.63, 3.8) is 0 Å². The van der Waals surface area contributed by atoms with Gasteiger partial charge in [-0.3, -0.25) is 4.57 Å². The van der Waals surface area contributed by atoms with E-state index in [-0.39, 0.29) is 22.1 Å². The summed E-state index contributed by atoms with van der Waals surface area (Å²) in [7, 11) is 0. The fourth-order valence-corrected chi connectivity index (χ4v) is 3.02. The summed E-state index contributed by atoms with van der Waals surface area (Å²) in [6, 6.07) is 3.62. The zero-order valence-corrected chi connectivity index (χ0v) is 13.7. The molecule has 4 aromatic rings. The van der Waals surface area contributed by atoms with Gasteiger partial charge in [0.2, 0.25) is 0 Å². The van der Waals surface area contributed by atoms with Crippen molar-refractivity contribution in [3.05, 3.63) is 59.5 Å². The van der Waals surface area contributed by atoms with Gasteiger partial charge in [-0.1, -0.05) is 24.6 Å². The van der Waals surface area contributed by atoms with Crippen LogP contribution >= 0.6 is 11.6 Å². The third kappa shape index (κ3) is 2.37. The van der Waals surface area contributed by atoms with Gasteiger partial charge in [-0.15, -0.1) is 0 Å². The van der Waals surface area contributed by atoms with Crippen LogP contribution in [0.15, 0.2) is 36.9 Å². The molecule has 9 heteroatoms. The van der Waals surface area contributed by atoms with Crippen molar-refractivity contribution in [1.29, 1.82) is 0 Å². The molecule has 0 amide bonds. The molecule has 3 heterocycles. The predicted molar refractivity (Wildman–Crippen MR) is 87.6 cm³/mol. The van der Waals surface area contributed by atoms with Gasteiger partial charge in [0.15, 0.2) is 5.82 Å². The normalized spacial score (nSPS) is 11.4. The number of rotatable bonds is 3. The fourth-order valence-electron chi connectivity index (χ4n) is 2.77. The highest BCUT2D eigenvalue weighted by atomic mass is 35.5. The zero-order chi connectivity index (χ0) is 17.6. The van der Waals surface area contributed by atoms with Crippen LogP contribution in [0.25, 0.3) is 22.7 Å². The summed E-state index contributed by atoms with van der Waals surface area (Å²) in [6.45, 7) is 1.92. The highest BCUT2D eigenvalue weighted by molar-refractivity contribution is 6.32. The SMILES string of the molecule is CCc1nccn1-c1c(-c2c(F)cccc2F)c(Cl)nc2ncnn12. The first-order valence-corrected chi connectivity index (χ1v) is 7.85. The van der Waals surface area contributed by atoms with Crippen LogP contribution in [0.5, 0.6) is 0 Å². The molecule has 6 nitrogen and oxygen atoms in total. The molecule has 0 aliphatic carbocycles. The van der Waals surface area contributed by atoms with Crippen molar-refractivity contribution in [2.75, 3.05) is 0 Å². The van der Waals surface area contributed by atoms with Crippen LogP contribution in [0.4, 0.5) is 8.78 Å². The van der Waals surface area contributed by atoms with Crippen LogP contribution in [-0.2, 0) is 6.42 Å². The van der Waals surface area contributed by atoms with E-state index in [1.807, 2.05) is 6.92 Å². The summed E-state index contributed by atoms with van der Waals surface area (Å²) >= 11 is 6.30. The number of hydrogen-bond acceptors (Lipinski definition) is 4. The number of benzene rings is 1. The molecule has 0 aliphatic heterocycles. The molecule has 0 saturated heterocycles. The number of fused-ring (bicyclic) bond motifs is 1. The largest absolute Gasteiger partial charge is 0.287 e. The standard InChI is InChI=1S/C16H11ClF2N6/c1-2-11-20-6-7-24(11)15-13(12-9(18)4-3-5-10(12)19)14(17)23-16-21-8-22-25(15)16/h3-8H,2H2,1H3. The van der Waals surface area contributed by atoms with Crippen LogP contribution in [0, 0.1) is 11.6 Å². The molecular formula is C16H11ClF2N6. The van der Waals surface area contributed by atoms with Crippen molar-refractivity contribution in [2.45, 2.75) is 13.3 Å². The molecule has 0 radical (unpaired) electrons. The minimum Gasteiger partial charge on any atom is -0.287 e. The molecular weight excluding hydrogens is 350 g/mol. The number of hydrogen-bond donors (Lipinski definition) is 0. The Morgan fingerprint density at radius 3 is 2.60 bits per heavy atom. The van der Waals surface area contributed by atoms with Gasteiger partial charge in [-0.25, -0.2) is 13.8 Å². The average Bonchev–Trinajstić information content (AvgIpc) is 3.23. The summed E-state index contributed by atoms with van der Waals surface area (Å²) < 4.78 is 32.0. The first-order chi connectivity index (χ1) is 12.1. The number of halogens is 3. The highest BCUT2D eigenvalue weighted by Crippen LogP contribution is 2.36. The molecule has 1 aromatic carbocycles. The molecule has 0 saturated carbocycles. The maximum atomic E-state index is 14.4. The van der Waals surface area contributed by atoms with Crippen LogP contribution in [0.2, 0.25) is 5.15 Å². The molecule has 0 fully saturated rings. The minimum atomic E-state index is -0.748. The Labute approximate surface area is 145 Å². The topological polar surface area (TPSA) is 60.9 Å². The Kier molecular flexibility index (Phi) is 3.69. The predicted octanol–water partition coefficient (Wildman–Crippen LogP) is 3.47. The van der Waals surface area contributed by atoms with Crippen molar-refractivity contribution < 1.29 is 8.78 Å². The molecule has 0 unspecified atom stereocenters. The molecule has 0 N–H and O–H groups in total. The van der Waals surface area contributed by atoms with E-state index in [2.05, 4.69) is 20.1 Å². The molecule has 0 spiro atoms. The van der Waals surface area contributed by atoms with E-state index in [0.717, 1.165) is 0 Å². The van der Waals surface area contributed by atoms with Gasteiger partial charge in [-0.2, -0.15) is 19.6 Å². The maximum Gasteiger partial charge on any atom is 0.255 e. The van der Waals surface area contributed by atoms with E-state index in [1.54, 1.807) is 17.0 Å². The third-order valence-electron chi connectivity index (χ3n) is 3.83. The quantitative estimate of drug-likeness (QED) is 0.525. The van der Waals surface area contributed by atoms with Crippen molar-refractivity contribution >= 4 is 17.4 Å². The summed E-state index contributed by atoms with van der Waals surface area (Å²) in [6.07, 6.45) is 5.17. The second-order valence-electron chi connectivity index (χ2n) is 5.24. The average molecular weight is 361 g/mol. The van der Waals surface area contributed by atoms with Gasteiger partial charge in [0.05, 0.1) is 11.1 Å². The second kappa shape index (κ2) is 5.89. The molecule has 0 atom stereocenters. The number of aromatic nitrogens is 6. The molecule has 0 aliphatic rings. The lowest BCUT2D eigenvalue weighted by Crippen LogP contribution is -2.11. The highest BCUT2D eigenvalue weighted by Gasteiger charge is 2.25. The fraction of sp³-hybridized carbons (Fsp3) is 0.125. The summed E-state index contributed by atoms with van der Waals surface area (Å²) in [5, 5.41) is 4.05. The smallest absolute Gasteiger partial charge is 0.255 e. The van der Waals surface area contributed by atoms with Crippen molar-refractivity contribution in [1.82, 2.24) is 29.1 Å². The Hall–Kier alpha value is -2.87. The molecule has 4 rings (SSSR count). The van der Waals surface area contributed by atoms with E-state index in [0.29, 0.717) is 18.1 Å². The lowest BCUT2D eigenvalue weighted by molar-refractivity contribution is 0.589. The lowest BCUT2D eigenvalue weighted by Gasteiger charge is -2.16. The molecule has 25 heavy (non-hydrogen) atoms. The van der Waals surface area contributed by atoms with Gasteiger partial charge in [0.25, 0.3) is 5.78 Å². The first-order valence-electron chi connectivity index (χ1n) is 7.48. The Balaban J connectivity index is 2.18. The van der Waals surface area contributed by atoms with Crippen LogP contribution in [0.3, 0.4) is 0 Å². The Bertz CT molecular complexity index is 1070. The van der Waals surface area contributed by atoms with E-state index < -0.39 is 11.6 Å². The van der Waals surface area contributed by atoms with Gasteiger partial charge >= 0.3 is 0 Å². The number of imidazole rings is 1. The van der Waals surface area contributed by atoms with Gasteiger partial charge in [-0.05, 0) is 12.1 Å².